The maximum Gasteiger partial charge on any atom is 0.141 e. The van der Waals surface area contributed by atoms with E-state index in [1.807, 2.05) is 4.68 Å². The fourth-order valence-corrected chi connectivity index (χ4v) is 2.56. The topological polar surface area (TPSA) is 46.0 Å². The molecule has 0 bridgehead atoms. The van der Waals surface area contributed by atoms with Crippen LogP contribution >= 0.6 is 0 Å². The van der Waals surface area contributed by atoms with Crippen molar-refractivity contribution in [3.05, 3.63) is 12.2 Å². The Morgan fingerprint density at radius 1 is 1.32 bits per heavy atom. The molecule has 1 aliphatic heterocycles. The maximum absolute atomic E-state index is 4.43. The van der Waals surface area contributed by atoms with Gasteiger partial charge in [0, 0.05) is 30.7 Å². The van der Waals surface area contributed by atoms with Crippen molar-refractivity contribution >= 4 is 0 Å². The summed E-state index contributed by atoms with van der Waals surface area (Å²) in [5, 5.41) is 7.93. The summed E-state index contributed by atoms with van der Waals surface area (Å²) in [6.45, 7) is 15.1. The number of piperazine rings is 1. The predicted molar refractivity (Wildman–Crippen MR) is 76.9 cm³/mol. The highest BCUT2D eigenvalue weighted by Gasteiger charge is 2.37. The summed E-state index contributed by atoms with van der Waals surface area (Å²) in [5.74, 6) is 1.08. The number of aryl methyl sites for hydroxylation is 1. The first-order chi connectivity index (χ1) is 8.84. The van der Waals surface area contributed by atoms with Gasteiger partial charge in [-0.3, -0.25) is 4.90 Å². The SMILES string of the molecule is CCCn1ncnc1CN1CC(C)(C)NCC1(C)C. The molecule has 1 N–H and O–H groups in total. The first-order valence-electron chi connectivity index (χ1n) is 7.21. The highest BCUT2D eigenvalue weighted by atomic mass is 15.4. The van der Waals surface area contributed by atoms with Crippen LogP contribution in [0.3, 0.4) is 0 Å². The largest absolute Gasteiger partial charge is 0.309 e. The Morgan fingerprint density at radius 3 is 2.74 bits per heavy atom. The molecular formula is C14H27N5. The number of aromatic nitrogens is 3. The summed E-state index contributed by atoms with van der Waals surface area (Å²) in [5.41, 5.74) is 0.309. The van der Waals surface area contributed by atoms with E-state index >= 15 is 0 Å². The number of nitrogens with one attached hydrogen (secondary N) is 1. The van der Waals surface area contributed by atoms with E-state index in [4.69, 9.17) is 0 Å². The van der Waals surface area contributed by atoms with E-state index in [0.717, 1.165) is 38.4 Å². The predicted octanol–water partition coefficient (Wildman–Crippen LogP) is 1.65. The molecule has 0 unspecified atom stereocenters. The lowest BCUT2D eigenvalue weighted by Crippen LogP contribution is -2.65. The molecule has 1 fully saturated rings. The Balaban J connectivity index is 2.13. The molecular weight excluding hydrogens is 238 g/mol. The third kappa shape index (κ3) is 3.34. The van der Waals surface area contributed by atoms with Gasteiger partial charge in [-0.1, -0.05) is 6.92 Å². The van der Waals surface area contributed by atoms with Gasteiger partial charge in [-0.15, -0.1) is 0 Å². The van der Waals surface area contributed by atoms with Crippen molar-refractivity contribution in [1.29, 1.82) is 0 Å². The average molecular weight is 265 g/mol. The second-order valence-electron chi connectivity index (χ2n) is 6.81. The first kappa shape index (κ1) is 14.5. The second-order valence-corrected chi connectivity index (χ2v) is 6.81. The molecule has 5 nitrogen and oxygen atoms in total. The highest BCUT2D eigenvalue weighted by molar-refractivity contribution is 4.99. The van der Waals surface area contributed by atoms with Gasteiger partial charge < -0.3 is 5.32 Å². The second kappa shape index (κ2) is 5.21. The van der Waals surface area contributed by atoms with Gasteiger partial charge in [0.15, 0.2) is 0 Å². The molecule has 19 heavy (non-hydrogen) atoms. The normalized spacial score (nSPS) is 22.6. The summed E-state index contributed by atoms with van der Waals surface area (Å²) in [7, 11) is 0. The quantitative estimate of drug-likeness (QED) is 0.899. The monoisotopic (exact) mass is 265 g/mol. The van der Waals surface area contributed by atoms with Crippen molar-refractivity contribution in [1.82, 2.24) is 25.0 Å². The van der Waals surface area contributed by atoms with Crippen molar-refractivity contribution in [3.63, 3.8) is 0 Å². The zero-order chi connectivity index (χ0) is 14.1. The molecule has 1 saturated heterocycles. The van der Waals surface area contributed by atoms with Crippen LogP contribution in [0.25, 0.3) is 0 Å². The third-order valence-corrected chi connectivity index (χ3v) is 3.91. The summed E-state index contributed by atoms with van der Waals surface area (Å²) < 4.78 is 2.03. The summed E-state index contributed by atoms with van der Waals surface area (Å²) >= 11 is 0. The van der Waals surface area contributed by atoms with E-state index in [2.05, 4.69) is 54.9 Å². The van der Waals surface area contributed by atoms with Gasteiger partial charge in [-0.05, 0) is 34.1 Å². The maximum atomic E-state index is 4.43. The fraction of sp³-hybridized carbons (Fsp3) is 0.857. The van der Waals surface area contributed by atoms with Crippen molar-refractivity contribution in [2.45, 2.75) is 65.2 Å². The van der Waals surface area contributed by atoms with Crippen LogP contribution in [-0.4, -0.2) is 43.8 Å². The van der Waals surface area contributed by atoms with E-state index in [1.54, 1.807) is 6.33 Å². The average Bonchev–Trinajstić information content (AvgIpc) is 2.73. The number of hydrogen-bond acceptors (Lipinski definition) is 4. The molecule has 5 heteroatoms. The summed E-state index contributed by atoms with van der Waals surface area (Å²) in [6, 6.07) is 0. The Bertz CT molecular complexity index is 421. The lowest BCUT2D eigenvalue weighted by Gasteiger charge is -2.49. The Morgan fingerprint density at radius 2 is 2.05 bits per heavy atom. The number of hydrogen-bond donors (Lipinski definition) is 1. The van der Waals surface area contributed by atoms with E-state index in [-0.39, 0.29) is 11.1 Å². The Labute approximate surface area is 116 Å². The smallest absolute Gasteiger partial charge is 0.141 e. The molecule has 0 saturated carbocycles. The molecule has 0 atom stereocenters. The lowest BCUT2D eigenvalue weighted by atomic mass is 9.91. The van der Waals surface area contributed by atoms with Crippen LogP contribution in [0.2, 0.25) is 0 Å². The molecule has 0 amide bonds. The van der Waals surface area contributed by atoms with Gasteiger partial charge in [0.25, 0.3) is 0 Å². The minimum Gasteiger partial charge on any atom is -0.309 e. The minimum absolute atomic E-state index is 0.151. The standard InChI is InChI=1S/C14H27N5/c1-6-7-19-12(15-11-17-19)8-18-10-13(2,3)16-9-14(18,4)5/h11,16H,6-10H2,1-5H3. The zero-order valence-corrected chi connectivity index (χ0v) is 12.9. The molecule has 0 radical (unpaired) electrons. The summed E-state index contributed by atoms with van der Waals surface area (Å²) in [6.07, 6.45) is 2.76. The molecule has 2 rings (SSSR count). The van der Waals surface area contributed by atoms with Crippen LogP contribution in [0, 0.1) is 0 Å². The van der Waals surface area contributed by atoms with Crippen LogP contribution in [0.1, 0.15) is 46.9 Å². The van der Waals surface area contributed by atoms with Crippen LogP contribution in [0.5, 0.6) is 0 Å². The van der Waals surface area contributed by atoms with Gasteiger partial charge >= 0.3 is 0 Å². The highest BCUT2D eigenvalue weighted by Crippen LogP contribution is 2.24. The summed E-state index contributed by atoms with van der Waals surface area (Å²) in [4.78, 5) is 6.95. The van der Waals surface area contributed by atoms with Gasteiger partial charge in [-0.2, -0.15) is 5.10 Å². The molecule has 0 aromatic carbocycles. The van der Waals surface area contributed by atoms with Crippen LogP contribution in [0.15, 0.2) is 6.33 Å². The van der Waals surface area contributed by atoms with Crippen LogP contribution in [0.4, 0.5) is 0 Å². The molecule has 1 aromatic heterocycles. The van der Waals surface area contributed by atoms with Crippen molar-refractivity contribution < 1.29 is 0 Å². The third-order valence-electron chi connectivity index (χ3n) is 3.91. The number of rotatable bonds is 4. The molecule has 2 heterocycles. The van der Waals surface area contributed by atoms with Crippen LogP contribution < -0.4 is 5.32 Å². The Hall–Kier alpha value is -0.940. The number of nitrogens with zero attached hydrogens (tertiary/aromatic N) is 4. The molecule has 1 aromatic rings. The fourth-order valence-electron chi connectivity index (χ4n) is 2.56. The van der Waals surface area contributed by atoms with E-state index in [0.29, 0.717) is 0 Å². The van der Waals surface area contributed by atoms with Gasteiger partial charge in [0.05, 0.1) is 6.54 Å². The van der Waals surface area contributed by atoms with Crippen molar-refractivity contribution in [2.24, 2.45) is 0 Å². The molecule has 0 spiro atoms. The van der Waals surface area contributed by atoms with Crippen molar-refractivity contribution in [2.75, 3.05) is 13.1 Å². The van der Waals surface area contributed by atoms with Gasteiger partial charge in [-0.25, -0.2) is 9.67 Å². The molecule has 1 aliphatic rings. The van der Waals surface area contributed by atoms with Gasteiger partial charge in [0.1, 0.15) is 12.2 Å². The minimum atomic E-state index is 0.151. The molecule has 0 aliphatic carbocycles. The lowest BCUT2D eigenvalue weighted by molar-refractivity contribution is 0.0292. The Kier molecular flexibility index (Phi) is 3.97. The van der Waals surface area contributed by atoms with E-state index < -0.39 is 0 Å². The zero-order valence-electron chi connectivity index (χ0n) is 12.9. The molecule has 108 valence electrons. The van der Waals surface area contributed by atoms with E-state index in [9.17, 15) is 0 Å². The van der Waals surface area contributed by atoms with Crippen LogP contribution in [-0.2, 0) is 13.1 Å². The van der Waals surface area contributed by atoms with Gasteiger partial charge in [0.2, 0.25) is 0 Å². The van der Waals surface area contributed by atoms with Crippen molar-refractivity contribution in [3.8, 4) is 0 Å². The van der Waals surface area contributed by atoms with E-state index in [1.165, 1.54) is 0 Å². The first-order valence-corrected chi connectivity index (χ1v) is 7.21.